The molecule has 2 saturated carbocycles. The van der Waals surface area contributed by atoms with E-state index in [1.165, 1.54) is 67.2 Å². The van der Waals surface area contributed by atoms with Crippen LogP contribution in [0.1, 0.15) is 131 Å². The molecule has 1 saturated heterocycles. The normalized spacial score (nSPS) is 26.6. The summed E-state index contributed by atoms with van der Waals surface area (Å²) in [6.45, 7) is 16.1. The van der Waals surface area contributed by atoms with Gasteiger partial charge in [0.25, 0.3) is 5.91 Å². The maximum Gasteiger partial charge on any atom is 0.251 e. The number of carbonyl (C=O) groups excluding carboxylic acids is 1. The Hall–Kier alpha value is -1.78. The second-order valence-electron chi connectivity index (χ2n) is 12.6. The highest BCUT2D eigenvalue weighted by molar-refractivity contribution is 7.59. The van der Waals surface area contributed by atoms with E-state index in [4.69, 9.17) is 4.74 Å². The van der Waals surface area contributed by atoms with Crippen LogP contribution < -0.4 is 5.32 Å². The van der Waals surface area contributed by atoms with Crippen molar-refractivity contribution in [3.63, 3.8) is 0 Å². The zero-order valence-corrected chi connectivity index (χ0v) is 28.9. The summed E-state index contributed by atoms with van der Waals surface area (Å²) < 4.78 is 5.30. The van der Waals surface area contributed by atoms with Crippen molar-refractivity contribution >= 4 is 19.4 Å². The first kappa shape index (κ1) is 36.4. The van der Waals surface area contributed by atoms with Crippen LogP contribution in [0.2, 0.25) is 0 Å². The molecule has 6 rings (SSSR count). The number of rotatable bonds is 5. The summed E-state index contributed by atoms with van der Waals surface area (Å²) in [6.07, 6.45) is 16.4. The van der Waals surface area contributed by atoms with Crippen molar-refractivity contribution in [3.8, 4) is 0 Å². The highest BCUT2D eigenvalue weighted by Crippen LogP contribution is 2.65. The van der Waals surface area contributed by atoms with Gasteiger partial charge in [-0.3, -0.25) is 4.79 Å². The van der Waals surface area contributed by atoms with Gasteiger partial charge in [-0.05, 0) is 119 Å². The summed E-state index contributed by atoms with van der Waals surface area (Å²) in [5.41, 5.74) is 6.93. The maximum absolute atomic E-state index is 12.3. The van der Waals surface area contributed by atoms with Crippen LogP contribution in [-0.4, -0.2) is 24.7 Å². The van der Waals surface area contributed by atoms with E-state index in [9.17, 15) is 4.79 Å². The number of hydrogen-bond donors (Lipinski definition) is 1. The molecule has 1 amide bonds. The lowest BCUT2D eigenvalue weighted by Crippen LogP contribution is -2.52. The minimum atomic E-state index is 0. The van der Waals surface area contributed by atoms with Crippen LogP contribution in [0.15, 0.2) is 42.5 Å². The number of carbonyl (C=O) groups is 1. The van der Waals surface area contributed by atoms with Gasteiger partial charge in [0.1, 0.15) is 0 Å². The van der Waals surface area contributed by atoms with Gasteiger partial charge in [-0.1, -0.05) is 88.9 Å². The Balaban J connectivity index is 0.000000245. The van der Waals surface area contributed by atoms with Gasteiger partial charge in [-0.2, -0.15) is 13.5 Å². The standard InChI is InChI=1S/C19H21NO.C11H20.C6H12O.C2H6.H2S/c1-13-3-6-15(7-4-13)19(21)20-18-10-9-16-11-14(2)5-8-17(16)12-18;1-3-9-5-7-11(9)8-6-10(11)4-2;1-2-6-4-3-5-7-6;1-2;/h3-8,11,18H,9-10,12H2,1-2H3,(H,20,21);9-10H,3-8H2,1-2H3;6H,2-5H2,1H3;1-2H3;1H2. The van der Waals surface area contributed by atoms with Gasteiger partial charge in [-0.15, -0.1) is 0 Å². The lowest BCUT2D eigenvalue weighted by atomic mass is 9.43. The van der Waals surface area contributed by atoms with Crippen molar-refractivity contribution in [2.45, 2.75) is 138 Å². The highest BCUT2D eigenvalue weighted by atomic mass is 32.1. The quantitative estimate of drug-likeness (QED) is 0.374. The third kappa shape index (κ3) is 9.36. The van der Waals surface area contributed by atoms with Gasteiger partial charge < -0.3 is 10.1 Å². The van der Waals surface area contributed by atoms with Crippen LogP contribution in [0.5, 0.6) is 0 Å². The Kier molecular flexibility index (Phi) is 15.7. The number of amides is 1. The molecule has 2 aromatic rings. The molecule has 0 radical (unpaired) electrons. The molecule has 1 aliphatic heterocycles. The zero-order valence-electron chi connectivity index (χ0n) is 27.9. The fourth-order valence-corrected chi connectivity index (χ4v) is 7.47. The van der Waals surface area contributed by atoms with Crippen molar-refractivity contribution in [2.24, 2.45) is 17.3 Å². The van der Waals surface area contributed by atoms with Crippen molar-refractivity contribution in [3.05, 3.63) is 70.3 Å². The molecule has 3 fully saturated rings. The summed E-state index contributed by atoms with van der Waals surface area (Å²) in [7, 11) is 0. The number of benzene rings is 2. The van der Waals surface area contributed by atoms with Crippen LogP contribution in [0.25, 0.3) is 0 Å². The van der Waals surface area contributed by atoms with Crippen molar-refractivity contribution in [2.75, 3.05) is 6.61 Å². The van der Waals surface area contributed by atoms with E-state index in [0.29, 0.717) is 6.10 Å². The lowest BCUT2D eigenvalue weighted by Gasteiger charge is -2.61. The Morgan fingerprint density at radius 3 is 1.93 bits per heavy atom. The average Bonchev–Trinajstić information content (AvgIpc) is 3.49. The minimum Gasteiger partial charge on any atom is -0.378 e. The molecule has 1 spiro atoms. The third-order valence-electron chi connectivity index (χ3n) is 10.2. The minimum absolute atomic E-state index is 0. The van der Waals surface area contributed by atoms with Crippen LogP contribution in [0.3, 0.4) is 0 Å². The molecule has 0 aromatic heterocycles. The smallest absolute Gasteiger partial charge is 0.251 e. The van der Waals surface area contributed by atoms with Crippen LogP contribution in [-0.2, 0) is 17.6 Å². The summed E-state index contributed by atoms with van der Waals surface area (Å²) in [6, 6.07) is 14.6. The van der Waals surface area contributed by atoms with Gasteiger partial charge in [0.05, 0.1) is 6.10 Å². The van der Waals surface area contributed by atoms with E-state index in [1.807, 2.05) is 45.0 Å². The topological polar surface area (TPSA) is 38.3 Å². The third-order valence-corrected chi connectivity index (χ3v) is 10.2. The molecule has 2 aromatic carbocycles. The van der Waals surface area contributed by atoms with E-state index in [2.05, 4.69) is 51.2 Å². The van der Waals surface area contributed by atoms with Crippen molar-refractivity contribution < 1.29 is 9.53 Å². The van der Waals surface area contributed by atoms with Gasteiger partial charge >= 0.3 is 0 Å². The van der Waals surface area contributed by atoms with Crippen molar-refractivity contribution in [1.82, 2.24) is 5.32 Å². The van der Waals surface area contributed by atoms with E-state index < -0.39 is 0 Å². The molecular weight excluding hydrogens is 534 g/mol. The van der Waals surface area contributed by atoms with E-state index in [-0.39, 0.29) is 25.4 Å². The summed E-state index contributed by atoms with van der Waals surface area (Å²) in [5.74, 6) is 2.26. The molecule has 3 aliphatic carbocycles. The zero-order chi connectivity index (χ0) is 29.8. The molecule has 4 heteroatoms. The highest BCUT2D eigenvalue weighted by Gasteiger charge is 2.55. The Labute approximate surface area is 265 Å². The van der Waals surface area contributed by atoms with Crippen LogP contribution in [0.4, 0.5) is 0 Å². The fourth-order valence-electron chi connectivity index (χ4n) is 7.47. The van der Waals surface area contributed by atoms with Gasteiger partial charge in [0.15, 0.2) is 0 Å². The maximum atomic E-state index is 12.3. The van der Waals surface area contributed by atoms with E-state index in [0.717, 1.165) is 48.7 Å². The fraction of sp³-hybridized carbons (Fsp3) is 0.658. The first-order valence-corrected chi connectivity index (χ1v) is 17.0. The SMILES string of the molecule is CC.CCC1CCC12CCC2CC.CCC1CCCO1.Cc1ccc(C(=O)NC2CCc3cc(C)ccc3C2)cc1.S. The molecule has 0 bridgehead atoms. The number of nitrogens with one attached hydrogen (secondary N) is 1. The average molecular weight is 596 g/mol. The second kappa shape index (κ2) is 18.1. The van der Waals surface area contributed by atoms with E-state index >= 15 is 0 Å². The molecule has 4 aliphatic rings. The molecule has 4 atom stereocenters. The van der Waals surface area contributed by atoms with Gasteiger partial charge in [0, 0.05) is 18.2 Å². The largest absolute Gasteiger partial charge is 0.378 e. The van der Waals surface area contributed by atoms with Gasteiger partial charge in [-0.25, -0.2) is 0 Å². The first-order valence-electron chi connectivity index (χ1n) is 17.0. The van der Waals surface area contributed by atoms with Crippen LogP contribution >= 0.6 is 13.5 Å². The predicted octanol–water partition coefficient (Wildman–Crippen LogP) is 9.92. The molecule has 42 heavy (non-hydrogen) atoms. The molecule has 236 valence electrons. The number of fused-ring (bicyclic) bond motifs is 1. The molecule has 3 nitrogen and oxygen atoms in total. The molecule has 1 N–H and O–H groups in total. The molecule has 4 unspecified atom stereocenters. The number of aryl methyl sites for hydroxylation is 3. The molecule has 1 heterocycles. The Morgan fingerprint density at radius 1 is 0.833 bits per heavy atom. The first-order chi connectivity index (χ1) is 19.9. The number of ether oxygens (including phenoxy) is 1. The summed E-state index contributed by atoms with van der Waals surface area (Å²) in [4.78, 5) is 12.3. The Morgan fingerprint density at radius 2 is 1.45 bits per heavy atom. The monoisotopic (exact) mass is 595 g/mol. The second-order valence-corrected chi connectivity index (χ2v) is 12.6. The lowest BCUT2D eigenvalue weighted by molar-refractivity contribution is -0.115. The van der Waals surface area contributed by atoms with Gasteiger partial charge in [0.2, 0.25) is 0 Å². The summed E-state index contributed by atoms with van der Waals surface area (Å²) >= 11 is 0. The Bertz CT molecular complexity index is 1040. The summed E-state index contributed by atoms with van der Waals surface area (Å²) in [5, 5.41) is 3.17. The van der Waals surface area contributed by atoms with E-state index in [1.54, 1.807) is 12.8 Å². The number of hydrogen-bond acceptors (Lipinski definition) is 2. The van der Waals surface area contributed by atoms with Crippen LogP contribution in [0, 0.1) is 31.1 Å². The molecular formula is C38H61NO2S. The predicted molar refractivity (Wildman–Crippen MR) is 185 cm³/mol. The van der Waals surface area contributed by atoms with Crippen molar-refractivity contribution in [1.29, 1.82) is 0 Å².